The van der Waals surface area contributed by atoms with Crippen LogP contribution >= 0.6 is 11.6 Å². The predicted molar refractivity (Wildman–Crippen MR) is 147 cm³/mol. The number of hydrogen-bond donors (Lipinski definition) is 0. The molecule has 0 saturated carbocycles. The highest BCUT2D eigenvalue weighted by Gasteiger charge is 2.41. The molecule has 2 saturated heterocycles. The zero-order valence-corrected chi connectivity index (χ0v) is 22.6. The van der Waals surface area contributed by atoms with Gasteiger partial charge in [0.2, 0.25) is 5.91 Å². The van der Waals surface area contributed by atoms with Gasteiger partial charge in [0.15, 0.2) is 5.79 Å². The number of halogens is 1. The van der Waals surface area contributed by atoms with Gasteiger partial charge in [0.1, 0.15) is 18.5 Å². The van der Waals surface area contributed by atoms with E-state index in [4.69, 9.17) is 25.8 Å². The molecule has 1 aromatic heterocycles. The van der Waals surface area contributed by atoms with E-state index in [1.54, 1.807) is 19.4 Å². The Morgan fingerprint density at radius 3 is 2.55 bits per heavy atom. The highest BCUT2D eigenvalue weighted by atomic mass is 35.5. The number of carbonyl (C=O) groups is 1. The maximum Gasteiger partial charge on any atom is 0.219 e. The van der Waals surface area contributed by atoms with Gasteiger partial charge in [0.25, 0.3) is 0 Å². The van der Waals surface area contributed by atoms with Crippen LogP contribution in [0.1, 0.15) is 25.3 Å². The molecule has 2 fully saturated rings. The van der Waals surface area contributed by atoms with Crippen LogP contribution in [0.25, 0.3) is 0 Å². The third-order valence-electron chi connectivity index (χ3n) is 7.20. The number of nitrogens with zero attached hydrogens (tertiary/aromatic N) is 4. The second kappa shape index (κ2) is 12.2. The average molecular weight is 539 g/mol. The van der Waals surface area contributed by atoms with E-state index in [1.165, 1.54) is 5.56 Å². The molecule has 2 aromatic carbocycles. The largest absolute Gasteiger partial charge is 0.491 e. The molecule has 9 heteroatoms. The van der Waals surface area contributed by atoms with E-state index in [1.807, 2.05) is 39.9 Å². The van der Waals surface area contributed by atoms with Crippen LogP contribution in [-0.4, -0.2) is 71.6 Å². The van der Waals surface area contributed by atoms with Crippen molar-refractivity contribution in [2.24, 2.45) is 0 Å². The van der Waals surface area contributed by atoms with Gasteiger partial charge < -0.3 is 28.6 Å². The molecule has 8 nitrogen and oxygen atoms in total. The van der Waals surface area contributed by atoms with Crippen molar-refractivity contribution in [1.82, 2.24) is 14.5 Å². The van der Waals surface area contributed by atoms with E-state index < -0.39 is 5.79 Å². The minimum absolute atomic E-state index is 0.141. The first-order chi connectivity index (χ1) is 18.5. The summed E-state index contributed by atoms with van der Waals surface area (Å²) < 4.78 is 20.9. The van der Waals surface area contributed by atoms with Gasteiger partial charge in [-0.2, -0.15) is 0 Å². The Morgan fingerprint density at radius 2 is 1.87 bits per heavy atom. The topological polar surface area (TPSA) is 69.1 Å². The van der Waals surface area contributed by atoms with Crippen molar-refractivity contribution >= 4 is 23.2 Å². The van der Waals surface area contributed by atoms with Gasteiger partial charge >= 0.3 is 0 Å². The lowest BCUT2D eigenvalue weighted by molar-refractivity contribution is -0.185. The van der Waals surface area contributed by atoms with Gasteiger partial charge in [0.05, 0.1) is 19.5 Å². The number of hydrogen-bond acceptors (Lipinski definition) is 6. The summed E-state index contributed by atoms with van der Waals surface area (Å²) in [5, 5.41) is 0.748. The lowest BCUT2D eigenvalue weighted by Crippen LogP contribution is -2.48. The minimum Gasteiger partial charge on any atom is -0.491 e. The molecular formula is C29H35ClN4O4. The van der Waals surface area contributed by atoms with E-state index in [2.05, 4.69) is 34.1 Å². The third kappa shape index (κ3) is 6.87. The molecule has 2 aliphatic heterocycles. The fourth-order valence-corrected chi connectivity index (χ4v) is 5.21. The van der Waals surface area contributed by atoms with Crippen molar-refractivity contribution in [3.63, 3.8) is 0 Å². The van der Waals surface area contributed by atoms with Crippen LogP contribution in [-0.2, 0) is 27.2 Å². The Morgan fingerprint density at radius 1 is 1.11 bits per heavy atom. The van der Waals surface area contributed by atoms with E-state index in [-0.39, 0.29) is 12.0 Å². The van der Waals surface area contributed by atoms with Crippen molar-refractivity contribution in [2.75, 3.05) is 44.3 Å². The average Bonchev–Trinajstić information content (AvgIpc) is 3.59. The number of carbonyl (C=O) groups excluding carboxylic acids is 1. The number of amides is 1. The molecule has 0 unspecified atom stereocenters. The monoisotopic (exact) mass is 538 g/mol. The molecule has 5 rings (SSSR count). The number of rotatable bonds is 10. The Hall–Kier alpha value is -3.07. The molecule has 38 heavy (non-hydrogen) atoms. The van der Waals surface area contributed by atoms with Crippen molar-refractivity contribution in [2.45, 2.75) is 44.6 Å². The zero-order valence-electron chi connectivity index (χ0n) is 21.8. The molecule has 1 amide bonds. The number of ether oxygens (including phenoxy) is 3. The molecular weight excluding hydrogens is 504 g/mol. The maximum atomic E-state index is 11.6. The number of aryl methyl sites for hydroxylation is 1. The van der Waals surface area contributed by atoms with Gasteiger partial charge in [-0.15, -0.1) is 0 Å². The van der Waals surface area contributed by atoms with Crippen molar-refractivity contribution in [3.8, 4) is 5.75 Å². The quantitative estimate of drug-likeness (QED) is 0.381. The minimum atomic E-state index is -0.715. The summed E-state index contributed by atoms with van der Waals surface area (Å²) in [6.07, 6.45) is 7.94. The Balaban J connectivity index is 1.13. The van der Waals surface area contributed by atoms with Crippen molar-refractivity contribution in [3.05, 3.63) is 77.8 Å². The first-order valence-corrected chi connectivity index (χ1v) is 13.6. The molecule has 2 aliphatic rings. The van der Waals surface area contributed by atoms with Gasteiger partial charge in [-0.3, -0.25) is 4.79 Å². The highest BCUT2D eigenvalue weighted by molar-refractivity contribution is 6.30. The summed E-state index contributed by atoms with van der Waals surface area (Å²) in [7, 11) is 0. The summed E-state index contributed by atoms with van der Waals surface area (Å²) in [4.78, 5) is 19.9. The van der Waals surface area contributed by atoms with Crippen LogP contribution in [0.3, 0.4) is 0 Å². The second-order valence-electron chi connectivity index (χ2n) is 9.97. The van der Waals surface area contributed by atoms with E-state index in [9.17, 15) is 4.79 Å². The first kappa shape index (κ1) is 26.5. The molecule has 3 heterocycles. The second-order valence-corrected chi connectivity index (χ2v) is 10.4. The Kier molecular flexibility index (Phi) is 8.51. The number of aromatic nitrogens is 2. The lowest BCUT2D eigenvalue weighted by atomic mass is 10.0. The van der Waals surface area contributed by atoms with E-state index in [0.717, 1.165) is 61.9 Å². The standard InChI is InChI=1S/C29H35ClN4O4/c1-23(35)33-15-17-34(18-16-33)26-8-10-27(11-9-26)36-19-28-20-37-29(38-28,21-32-14-13-31-22-32)12-2-3-24-4-6-25(30)7-5-24/h4-11,13-14,22,28H,2-3,12,15-21H2,1H3/t28-,29+/m1/s1. The molecule has 0 bridgehead atoms. The fraction of sp³-hybridized carbons (Fsp3) is 0.448. The zero-order chi connectivity index (χ0) is 26.4. The number of imidazole rings is 1. The first-order valence-electron chi connectivity index (χ1n) is 13.2. The summed E-state index contributed by atoms with van der Waals surface area (Å²) in [6, 6.07) is 16.1. The Bertz CT molecular complexity index is 1160. The molecule has 2 atom stereocenters. The molecule has 0 aliphatic carbocycles. The molecule has 0 N–H and O–H groups in total. The summed E-state index contributed by atoms with van der Waals surface area (Å²) in [5.74, 6) is 0.226. The lowest BCUT2D eigenvalue weighted by Gasteiger charge is -2.35. The van der Waals surface area contributed by atoms with Crippen LogP contribution < -0.4 is 9.64 Å². The van der Waals surface area contributed by atoms with Crippen LogP contribution in [0.5, 0.6) is 5.75 Å². The van der Waals surface area contributed by atoms with Crippen molar-refractivity contribution < 1.29 is 19.0 Å². The fourth-order valence-electron chi connectivity index (χ4n) is 5.09. The van der Waals surface area contributed by atoms with Gasteiger partial charge in [0, 0.05) is 62.6 Å². The number of benzene rings is 2. The SMILES string of the molecule is CC(=O)N1CCN(c2ccc(OC[C@@H]3CO[C@](CCCc4ccc(Cl)cc4)(Cn4ccnc4)O3)cc2)CC1. The molecule has 202 valence electrons. The summed E-state index contributed by atoms with van der Waals surface area (Å²) >= 11 is 6.02. The predicted octanol–water partition coefficient (Wildman–Crippen LogP) is 4.42. The van der Waals surface area contributed by atoms with Gasteiger partial charge in [-0.1, -0.05) is 23.7 Å². The smallest absolute Gasteiger partial charge is 0.219 e. The van der Waals surface area contributed by atoms with Crippen LogP contribution in [0, 0.1) is 0 Å². The van der Waals surface area contributed by atoms with E-state index in [0.29, 0.717) is 19.8 Å². The van der Waals surface area contributed by atoms with Crippen LogP contribution in [0.2, 0.25) is 5.02 Å². The number of piperazine rings is 1. The summed E-state index contributed by atoms with van der Waals surface area (Å²) in [6.45, 7) is 6.29. The van der Waals surface area contributed by atoms with E-state index >= 15 is 0 Å². The maximum absolute atomic E-state index is 11.6. The molecule has 3 aromatic rings. The third-order valence-corrected chi connectivity index (χ3v) is 7.45. The van der Waals surface area contributed by atoms with Crippen LogP contribution in [0.15, 0.2) is 67.3 Å². The van der Waals surface area contributed by atoms with Gasteiger partial charge in [-0.25, -0.2) is 4.98 Å². The number of anilines is 1. The van der Waals surface area contributed by atoms with Gasteiger partial charge in [-0.05, 0) is 54.8 Å². The van der Waals surface area contributed by atoms with Crippen LogP contribution in [0.4, 0.5) is 5.69 Å². The Labute approximate surface area is 229 Å². The summed E-state index contributed by atoms with van der Waals surface area (Å²) in [5.41, 5.74) is 2.38. The normalized spacial score (nSPS) is 21.6. The highest BCUT2D eigenvalue weighted by Crippen LogP contribution is 2.32. The molecule has 0 spiro atoms. The van der Waals surface area contributed by atoms with Crippen molar-refractivity contribution in [1.29, 1.82) is 0 Å². The molecule has 0 radical (unpaired) electrons.